The smallest absolute Gasteiger partial charge is 0.359 e. The van der Waals surface area contributed by atoms with E-state index in [-0.39, 0.29) is 24.8 Å². The monoisotopic (exact) mass is 450 g/mol. The van der Waals surface area contributed by atoms with Gasteiger partial charge in [0.25, 0.3) is 5.56 Å². The average Bonchev–Trinajstić information content (AvgIpc) is 2.93. The summed E-state index contributed by atoms with van der Waals surface area (Å²) in [6.07, 6.45) is -3.85. The molecule has 7 atom stereocenters. The molecule has 1 aliphatic heterocycles. The van der Waals surface area contributed by atoms with E-state index in [0.717, 1.165) is 10.8 Å². The topological polar surface area (TPSA) is 171 Å². The quantitative estimate of drug-likeness (QED) is 0.345. The molecule has 0 aliphatic carbocycles. The maximum atomic E-state index is 12.6. The fraction of sp³-hybridized carbons (Fsp3) is 0.778. The van der Waals surface area contributed by atoms with Gasteiger partial charge in [-0.25, -0.2) is 4.79 Å². The highest BCUT2D eigenvalue weighted by Gasteiger charge is 2.50. The summed E-state index contributed by atoms with van der Waals surface area (Å²) < 4.78 is 24.6. The zero-order valence-corrected chi connectivity index (χ0v) is 18.6. The SMILES string of the molecule is CCC(C)(C[C@H]1O[C@@H](c2c[nH]c(=O)n(C)c2=O)[C@H](O)[C@@H]1O)OP(=O)(O)[C@@](C)(O)CC. The first-order valence-electron chi connectivity index (χ1n) is 9.76. The first-order chi connectivity index (χ1) is 13.7. The van der Waals surface area contributed by atoms with E-state index in [2.05, 4.69) is 4.98 Å². The molecular weight excluding hydrogens is 419 g/mol. The van der Waals surface area contributed by atoms with Crippen LogP contribution in [-0.4, -0.2) is 59.0 Å². The maximum Gasteiger partial charge on any atom is 0.359 e. The molecule has 1 aromatic heterocycles. The summed E-state index contributed by atoms with van der Waals surface area (Å²) in [5.41, 5.74) is -2.63. The second kappa shape index (κ2) is 8.66. The Labute approximate surface area is 173 Å². The molecule has 0 radical (unpaired) electrons. The van der Waals surface area contributed by atoms with Gasteiger partial charge >= 0.3 is 13.3 Å². The lowest BCUT2D eigenvalue weighted by atomic mass is 9.92. The van der Waals surface area contributed by atoms with Gasteiger partial charge < -0.3 is 34.5 Å². The Kier molecular flexibility index (Phi) is 7.20. The Hall–Kier alpha value is -1.33. The lowest BCUT2D eigenvalue weighted by Gasteiger charge is -2.37. The summed E-state index contributed by atoms with van der Waals surface area (Å²) in [5, 5.41) is 29.2. The molecule has 2 heterocycles. The van der Waals surface area contributed by atoms with Gasteiger partial charge in [-0.1, -0.05) is 13.8 Å². The number of aliphatic hydroxyl groups excluding tert-OH is 2. The minimum Gasteiger partial charge on any atom is -0.388 e. The molecule has 11 nitrogen and oxygen atoms in total. The van der Waals surface area contributed by atoms with Gasteiger partial charge in [-0.15, -0.1) is 0 Å². The number of nitrogens with zero attached hydrogens (tertiary/aromatic N) is 1. The number of hydrogen-bond acceptors (Lipinski definition) is 8. The molecule has 2 rings (SSSR count). The van der Waals surface area contributed by atoms with E-state index in [1.165, 1.54) is 20.9 Å². The van der Waals surface area contributed by atoms with Gasteiger partial charge in [0, 0.05) is 19.7 Å². The molecule has 0 amide bonds. The first-order valence-corrected chi connectivity index (χ1v) is 11.3. The Morgan fingerprint density at radius 1 is 1.23 bits per heavy atom. The highest BCUT2D eigenvalue weighted by Crippen LogP contribution is 2.59. The molecular formula is C18H31N2O9P. The van der Waals surface area contributed by atoms with Gasteiger partial charge in [0.15, 0.2) is 5.34 Å². The predicted molar refractivity (Wildman–Crippen MR) is 107 cm³/mol. The second-order valence-electron chi connectivity index (χ2n) is 8.18. The van der Waals surface area contributed by atoms with Crippen molar-refractivity contribution in [3.63, 3.8) is 0 Å². The number of H-pyrrole nitrogens is 1. The standard InChI is InChI=1S/C18H31N2O9P/c1-6-17(3,29-30(26,27)18(4,25)7-2)8-11-12(21)13(22)14(28-11)10-9-19-16(24)20(5)15(10)23/h9,11-14,21-22,25H,6-8H2,1-5H3,(H,19,24)(H,26,27)/t11-,12-,13-,14+,17?,18-/m1/s1. The van der Waals surface area contributed by atoms with E-state index >= 15 is 0 Å². The third kappa shape index (κ3) is 4.62. The lowest BCUT2D eigenvalue weighted by molar-refractivity contribution is -0.0533. The van der Waals surface area contributed by atoms with Crippen molar-refractivity contribution < 1.29 is 34.0 Å². The average molecular weight is 450 g/mol. The molecule has 1 aliphatic rings. The van der Waals surface area contributed by atoms with Crippen molar-refractivity contribution in [2.24, 2.45) is 7.05 Å². The van der Waals surface area contributed by atoms with Crippen LogP contribution >= 0.6 is 7.60 Å². The zero-order chi connectivity index (χ0) is 23.1. The molecule has 1 aromatic rings. The third-order valence-corrected chi connectivity index (χ3v) is 8.10. The Morgan fingerprint density at radius 2 is 1.83 bits per heavy atom. The second-order valence-corrected chi connectivity index (χ2v) is 10.4. The van der Waals surface area contributed by atoms with Crippen molar-refractivity contribution in [3.8, 4) is 0 Å². The van der Waals surface area contributed by atoms with Crippen molar-refractivity contribution in [1.82, 2.24) is 9.55 Å². The molecule has 30 heavy (non-hydrogen) atoms. The number of hydrogen-bond donors (Lipinski definition) is 5. The summed E-state index contributed by atoms with van der Waals surface area (Å²) in [6.45, 7) is 5.99. The normalized spacial score (nSPS) is 30.4. The molecule has 1 fully saturated rings. The molecule has 0 saturated carbocycles. The van der Waals surface area contributed by atoms with Crippen molar-refractivity contribution >= 4 is 7.60 Å². The predicted octanol–water partition coefficient (Wildman–Crippen LogP) is 0.115. The van der Waals surface area contributed by atoms with Crippen LogP contribution in [0.3, 0.4) is 0 Å². The third-order valence-electron chi connectivity index (χ3n) is 5.88. The minimum atomic E-state index is -4.46. The van der Waals surface area contributed by atoms with E-state index in [0.29, 0.717) is 0 Å². The lowest BCUT2D eigenvalue weighted by Crippen LogP contribution is -2.40. The molecule has 5 N–H and O–H groups in total. The van der Waals surface area contributed by atoms with Crippen LogP contribution in [-0.2, 0) is 20.9 Å². The number of rotatable bonds is 8. The first kappa shape index (κ1) is 24.9. The summed E-state index contributed by atoms with van der Waals surface area (Å²) >= 11 is 0. The van der Waals surface area contributed by atoms with Gasteiger partial charge in [0.2, 0.25) is 0 Å². The number of nitrogens with one attached hydrogen (secondary N) is 1. The fourth-order valence-electron chi connectivity index (χ4n) is 3.23. The van der Waals surface area contributed by atoms with Crippen LogP contribution in [0.5, 0.6) is 0 Å². The molecule has 2 unspecified atom stereocenters. The van der Waals surface area contributed by atoms with Gasteiger partial charge in [0.1, 0.15) is 18.3 Å². The Balaban J connectivity index is 2.28. The van der Waals surface area contributed by atoms with E-state index in [1.54, 1.807) is 13.8 Å². The largest absolute Gasteiger partial charge is 0.388 e. The number of aromatic nitrogens is 2. The van der Waals surface area contributed by atoms with Crippen LogP contribution in [0.1, 0.15) is 58.6 Å². The number of aromatic amines is 1. The van der Waals surface area contributed by atoms with E-state index in [4.69, 9.17) is 9.26 Å². The summed E-state index contributed by atoms with van der Waals surface area (Å²) in [4.78, 5) is 36.5. The minimum absolute atomic E-state index is 0.0145. The van der Waals surface area contributed by atoms with Crippen LogP contribution in [0.15, 0.2) is 15.8 Å². The number of ether oxygens (including phenoxy) is 1. The number of aliphatic hydroxyl groups is 3. The van der Waals surface area contributed by atoms with Crippen molar-refractivity contribution in [3.05, 3.63) is 32.6 Å². The van der Waals surface area contributed by atoms with Crippen LogP contribution in [0, 0.1) is 0 Å². The van der Waals surface area contributed by atoms with Crippen LogP contribution in [0.2, 0.25) is 0 Å². The Morgan fingerprint density at radius 3 is 2.37 bits per heavy atom. The van der Waals surface area contributed by atoms with Gasteiger partial charge in [-0.3, -0.25) is 13.9 Å². The van der Waals surface area contributed by atoms with Crippen molar-refractivity contribution in [1.29, 1.82) is 0 Å². The van der Waals surface area contributed by atoms with Crippen molar-refractivity contribution in [2.75, 3.05) is 0 Å². The summed E-state index contributed by atoms with van der Waals surface area (Å²) in [5.74, 6) is 0. The molecule has 1 saturated heterocycles. The van der Waals surface area contributed by atoms with Gasteiger partial charge in [0.05, 0.1) is 17.3 Å². The van der Waals surface area contributed by atoms with Gasteiger partial charge in [-0.2, -0.15) is 0 Å². The van der Waals surface area contributed by atoms with Crippen LogP contribution < -0.4 is 11.2 Å². The summed E-state index contributed by atoms with van der Waals surface area (Å²) in [6, 6.07) is 0. The summed E-state index contributed by atoms with van der Waals surface area (Å²) in [7, 11) is -3.19. The highest BCUT2D eigenvalue weighted by molar-refractivity contribution is 7.54. The Bertz CT molecular complexity index is 927. The van der Waals surface area contributed by atoms with Gasteiger partial charge in [-0.05, 0) is 26.7 Å². The molecule has 0 aromatic carbocycles. The maximum absolute atomic E-state index is 12.6. The molecule has 0 bridgehead atoms. The highest BCUT2D eigenvalue weighted by atomic mass is 31.2. The van der Waals surface area contributed by atoms with E-state index < -0.39 is 54.2 Å². The molecule has 12 heteroatoms. The molecule has 0 spiro atoms. The zero-order valence-electron chi connectivity index (χ0n) is 17.7. The van der Waals surface area contributed by atoms with Crippen LogP contribution in [0.25, 0.3) is 0 Å². The van der Waals surface area contributed by atoms with E-state index in [1.807, 2.05) is 0 Å². The molecule has 172 valence electrons. The van der Waals surface area contributed by atoms with Crippen molar-refractivity contribution in [2.45, 2.75) is 82.3 Å². The van der Waals surface area contributed by atoms with E-state index in [9.17, 15) is 34.4 Å². The van der Waals surface area contributed by atoms with Crippen LogP contribution in [0.4, 0.5) is 0 Å². The fourth-order valence-corrected chi connectivity index (χ4v) is 4.63.